The summed E-state index contributed by atoms with van der Waals surface area (Å²) in [6.07, 6.45) is 2.00. The molecule has 2 amide bonds. The third-order valence-corrected chi connectivity index (χ3v) is 2.78. The van der Waals surface area contributed by atoms with Crippen LogP contribution in [0.4, 0.5) is 10.5 Å². The highest BCUT2D eigenvalue weighted by Crippen LogP contribution is 2.30. The first-order valence-corrected chi connectivity index (χ1v) is 7.05. The zero-order valence-corrected chi connectivity index (χ0v) is 12.9. The van der Waals surface area contributed by atoms with Crippen LogP contribution in [0, 0.1) is 0 Å². The van der Waals surface area contributed by atoms with Crippen LogP contribution in [-0.2, 0) is 4.74 Å². The summed E-state index contributed by atoms with van der Waals surface area (Å²) in [5.41, 5.74) is 0.650. The maximum atomic E-state index is 11.7. The third kappa shape index (κ3) is 6.35. The summed E-state index contributed by atoms with van der Waals surface area (Å²) in [5, 5.41) is 5.56. The molecule has 6 nitrogen and oxygen atoms in total. The average molecular weight is 296 g/mol. The van der Waals surface area contributed by atoms with Gasteiger partial charge in [0.15, 0.2) is 11.5 Å². The molecule has 1 aromatic rings. The van der Waals surface area contributed by atoms with E-state index in [0.29, 0.717) is 36.9 Å². The topological polar surface area (TPSA) is 68.8 Å². The maximum absolute atomic E-state index is 11.7. The van der Waals surface area contributed by atoms with Crippen LogP contribution in [-0.4, -0.2) is 40.0 Å². The second-order valence-corrected chi connectivity index (χ2v) is 4.44. The van der Waals surface area contributed by atoms with Crippen molar-refractivity contribution in [1.29, 1.82) is 0 Å². The van der Waals surface area contributed by atoms with Gasteiger partial charge in [0.2, 0.25) is 0 Å². The minimum Gasteiger partial charge on any atom is -0.493 e. The molecule has 0 aliphatic carbocycles. The van der Waals surface area contributed by atoms with Gasteiger partial charge in [-0.1, -0.05) is 13.3 Å². The molecule has 0 bridgehead atoms. The Bertz CT molecular complexity index is 438. The number of benzene rings is 1. The largest absolute Gasteiger partial charge is 0.493 e. The molecule has 0 aliphatic rings. The Morgan fingerprint density at radius 1 is 1.19 bits per heavy atom. The quantitative estimate of drug-likeness (QED) is 0.687. The van der Waals surface area contributed by atoms with Gasteiger partial charge in [-0.15, -0.1) is 0 Å². The highest BCUT2D eigenvalue weighted by atomic mass is 16.5. The number of rotatable bonds is 9. The van der Waals surface area contributed by atoms with Crippen molar-refractivity contribution in [3.05, 3.63) is 18.2 Å². The summed E-state index contributed by atoms with van der Waals surface area (Å²) in [6.45, 7) is 3.64. The third-order valence-electron chi connectivity index (χ3n) is 2.78. The number of urea groups is 1. The molecule has 0 heterocycles. The molecule has 0 spiro atoms. The van der Waals surface area contributed by atoms with Crippen LogP contribution in [0.25, 0.3) is 0 Å². The summed E-state index contributed by atoms with van der Waals surface area (Å²) in [6, 6.07) is 5.02. The molecule has 0 saturated carbocycles. The fraction of sp³-hybridized carbons (Fsp3) is 0.533. The van der Waals surface area contributed by atoms with E-state index in [2.05, 4.69) is 17.6 Å². The van der Waals surface area contributed by atoms with Crippen molar-refractivity contribution in [2.45, 2.75) is 19.8 Å². The molecule has 0 fully saturated rings. The van der Waals surface area contributed by atoms with E-state index in [1.165, 1.54) is 0 Å². The normalized spacial score (nSPS) is 10.0. The minimum absolute atomic E-state index is 0.226. The summed E-state index contributed by atoms with van der Waals surface area (Å²) in [5.74, 6) is 1.18. The predicted molar refractivity (Wildman–Crippen MR) is 82.3 cm³/mol. The fourth-order valence-corrected chi connectivity index (χ4v) is 1.66. The fourth-order valence-electron chi connectivity index (χ4n) is 1.66. The van der Waals surface area contributed by atoms with Crippen LogP contribution in [0.3, 0.4) is 0 Å². The number of unbranched alkanes of at least 4 members (excludes halogenated alkanes) is 1. The Balaban J connectivity index is 2.61. The molecule has 21 heavy (non-hydrogen) atoms. The van der Waals surface area contributed by atoms with Gasteiger partial charge in [0, 0.05) is 25.4 Å². The molecule has 0 radical (unpaired) electrons. The van der Waals surface area contributed by atoms with Crippen LogP contribution in [0.1, 0.15) is 19.8 Å². The van der Waals surface area contributed by atoms with E-state index in [-0.39, 0.29) is 6.03 Å². The van der Waals surface area contributed by atoms with Crippen LogP contribution in [0.15, 0.2) is 18.2 Å². The van der Waals surface area contributed by atoms with Gasteiger partial charge in [0.05, 0.1) is 13.7 Å². The molecule has 0 saturated heterocycles. The Morgan fingerprint density at radius 3 is 2.67 bits per heavy atom. The van der Waals surface area contributed by atoms with Gasteiger partial charge in [-0.3, -0.25) is 0 Å². The number of anilines is 1. The lowest BCUT2D eigenvalue weighted by molar-refractivity contribution is 0.144. The molecule has 0 aromatic heterocycles. The highest BCUT2D eigenvalue weighted by Gasteiger charge is 2.08. The van der Waals surface area contributed by atoms with E-state index in [0.717, 1.165) is 12.8 Å². The minimum atomic E-state index is -0.226. The van der Waals surface area contributed by atoms with Gasteiger partial charge in [0.1, 0.15) is 6.61 Å². The second kappa shape index (κ2) is 9.88. The van der Waals surface area contributed by atoms with Crippen LogP contribution in [0.5, 0.6) is 11.5 Å². The van der Waals surface area contributed by atoms with Crippen LogP contribution >= 0.6 is 0 Å². The molecule has 6 heteroatoms. The lowest BCUT2D eigenvalue weighted by atomic mass is 10.2. The van der Waals surface area contributed by atoms with E-state index in [1.54, 1.807) is 32.4 Å². The van der Waals surface area contributed by atoms with Gasteiger partial charge in [0.25, 0.3) is 0 Å². The summed E-state index contributed by atoms with van der Waals surface area (Å²) in [7, 11) is 3.18. The maximum Gasteiger partial charge on any atom is 0.319 e. The van der Waals surface area contributed by atoms with E-state index >= 15 is 0 Å². The van der Waals surface area contributed by atoms with Crippen LogP contribution < -0.4 is 20.1 Å². The first-order chi connectivity index (χ1) is 10.2. The van der Waals surface area contributed by atoms with Crippen molar-refractivity contribution in [3.63, 3.8) is 0 Å². The number of carbonyl (C=O) groups excluding carboxylic acids is 1. The molecule has 1 aromatic carbocycles. The Labute approximate surface area is 125 Å². The van der Waals surface area contributed by atoms with Crippen molar-refractivity contribution in [2.24, 2.45) is 0 Å². The number of amides is 2. The number of hydrogen-bond donors (Lipinski definition) is 2. The molecule has 1 rings (SSSR count). The molecule has 0 atom stereocenters. The average Bonchev–Trinajstić information content (AvgIpc) is 2.48. The number of ether oxygens (including phenoxy) is 3. The number of carbonyl (C=O) groups is 1. The van der Waals surface area contributed by atoms with Gasteiger partial charge in [-0.05, 0) is 18.6 Å². The molecule has 0 aliphatic heterocycles. The predicted octanol–water partition coefficient (Wildman–Crippen LogP) is 2.64. The Kier molecular flexibility index (Phi) is 8.04. The summed E-state index contributed by atoms with van der Waals surface area (Å²) < 4.78 is 15.7. The van der Waals surface area contributed by atoms with E-state index in [9.17, 15) is 4.79 Å². The Hall–Kier alpha value is -1.95. The van der Waals surface area contributed by atoms with Gasteiger partial charge < -0.3 is 24.8 Å². The summed E-state index contributed by atoms with van der Waals surface area (Å²) >= 11 is 0. The SMILES string of the molecule is CCCCNC(=O)Nc1ccc(OC)c(OCCOC)c1. The molecule has 118 valence electrons. The molecule has 0 unspecified atom stereocenters. The van der Waals surface area contributed by atoms with Gasteiger partial charge in [-0.25, -0.2) is 4.79 Å². The van der Waals surface area contributed by atoms with Crippen LogP contribution in [0.2, 0.25) is 0 Å². The first-order valence-electron chi connectivity index (χ1n) is 7.05. The number of hydrogen-bond acceptors (Lipinski definition) is 4. The smallest absolute Gasteiger partial charge is 0.319 e. The van der Waals surface area contributed by atoms with Gasteiger partial charge >= 0.3 is 6.03 Å². The molecular weight excluding hydrogens is 272 g/mol. The zero-order valence-electron chi connectivity index (χ0n) is 12.9. The van der Waals surface area contributed by atoms with E-state index < -0.39 is 0 Å². The summed E-state index contributed by atoms with van der Waals surface area (Å²) in [4.78, 5) is 11.7. The van der Waals surface area contributed by atoms with Crippen molar-refractivity contribution >= 4 is 11.7 Å². The van der Waals surface area contributed by atoms with Gasteiger partial charge in [-0.2, -0.15) is 0 Å². The standard InChI is InChI=1S/C15H24N2O4/c1-4-5-8-16-15(18)17-12-6-7-13(20-3)14(11-12)21-10-9-19-2/h6-7,11H,4-5,8-10H2,1-3H3,(H2,16,17,18). The highest BCUT2D eigenvalue weighted by molar-refractivity contribution is 5.89. The lowest BCUT2D eigenvalue weighted by Gasteiger charge is -2.13. The van der Waals surface area contributed by atoms with E-state index in [1.807, 2.05) is 0 Å². The van der Waals surface area contributed by atoms with Crippen molar-refractivity contribution in [3.8, 4) is 11.5 Å². The number of methoxy groups -OCH3 is 2. The van der Waals surface area contributed by atoms with Crippen molar-refractivity contribution in [2.75, 3.05) is 39.3 Å². The zero-order chi connectivity index (χ0) is 15.5. The number of nitrogens with one attached hydrogen (secondary N) is 2. The van der Waals surface area contributed by atoms with Crippen molar-refractivity contribution < 1.29 is 19.0 Å². The van der Waals surface area contributed by atoms with E-state index in [4.69, 9.17) is 14.2 Å². The van der Waals surface area contributed by atoms with Crippen molar-refractivity contribution in [1.82, 2.24) is 5.32 Å². The second-order valence-electron chi connectivity index (χ2n) is 4.44. The Morgan fingerprint density at radius 2 is 2.00 bits per heavy atom. The molecular formula is C15H24N2O4. The lowest BCUT2D eigenvalue weighted by Crippen LogP contribution is -2.29. The monoisotopic (exact) mass is 296 g/mol. The molecule has 2 N–H and O–H groups in total. The first kappa shape index (κ1) is 17.1.